The van der Waals surface area contributed by atoms with Crippen LogP contribution in [0.4, 0.5) is 0 Å². The van der Waals surface area contributed by atoms with E-state index in [0.29, 0.717) is 5.75 Å². The minimum atomic E-state index is -1.40. The molecule has 0 saturated carbocycles. The molecular formula is C8H8BrNO2S. The first kappa shape index (κ1) is 9.18. The van der Waals surface area contributed by atoms with Crippen LogP contribution in [0.5, 0.6) is 5.75 Å². The molecule has 0 fully saturated rings. The molecule has 0 aliphatic carbocycles. The van der Waals surface area contributed by atoms with Crippen LogP contribution in [-0.4, -0.2) is 4.21 Å². The zero-order valence-electron chi connectivity index (χ0n) is 6.91. The number of hydrogen-bond donors (Lipinski definition) is 1. The summed E-state index contributed by atoms with van der Waals surface area (Å²) >= 11 is 1.97. The van der Waals surface area contributed by atoms with Gasteiger partial charge in [-0.2, -0.15) is 8.93 Å². The minimum absolute atomic E-state index is 0.0575. The van der Waals surface area contributed by atoms with Crippen molar-refractivity contribution in [3.63, 3.8) is 0 Å². The first-order valence-electron chi connectivity index (χ1n) is 3.82. The highest BCUT2D eigenvalue weighted by Gasteiger charge is 2.21. The quantitative estimate of drug-likeness (QED) is 0.777. The molecule has 1 aliphatic rings. The monoisotopic (exact) mass is 261 g/mol. The van der Waals surface area contributed by atoms with Crippen LogP contribution >= 0.6 is 15.9 Å². The lowest BCUT2D eigenvalue weighted by molar-refractivity contribution is 0.499. The third-order valence-electron chi connectivity index (χ3n) is 1.88. The van der Waals surface area contributed by atoms with E-state index < -0.39 is 11.3 Å². The van der Waals surface area contributed by atoms with Crippen LogP contribution in [-0.2, 0) is 11.3 Å². The molecule has 0 amide bonds. The first-order chi connectivity index (χ1) is 6.16. The average Bonchev–Trinajstić information content (AvgIpc) is 2.06. The molecule has 1 aromatic carbocycles. The highest BCUT2D eigenvalue weighted by molar-refractivity contribution is 9.10. The Balaban J connectivity index is 2.49. The van der Waals surface area contributed by atoms with E-state index in [-0.39, 0.29) is 6.04 Å². The fourth-order valence-electron chi connectivity index (χ4n) is 1.25. The second-order valence-corrected chi connectivity index (χ2v) is 4.63. The van der Waals surface area contributed by atoms with Gasteiger partial charge in [-0.3, -0.25) is 0 Å². The summed E-state index contributed by atoms with van der Waals surface area (Å²) in [6, 6.07) is 5.70. The second kappa shape index (κ2) is 3.40. The highest BCUT2D eigenvalue weighted by Crippen LogP contribution is 2.31. The van der Waals surface area contributed by atoms with Gasteiger partial charge in [0.05, 0.1) is 0 Å². The molecule has 13 heavy (non-hydrogen) atoms. The predicted molar refractivity (Wildman–Crippen MR) is 54.5 cm³/mol. The van der Waals surface area contributed by atoms with Gasteiger partial charge in [-0.1, -0.05) is 15.9 Å². The van der Waals surface area contributed by atoms with E-state index in [0.717, 1.165) is 10.0 Å². The molecule has 2 atom stereocenters. The fraction of sp³-hybridized carbons (Fsp3) is 0.250. The topological polar surface area (TPSA) is 38.3 Å². The molecule has 1 aliphatic heterocycles. The van der Waals surface area contributed by atoms with E-state index in [2.05, 4.69) is 20.7 Å². The molecule has 2 rings (SSSR count). The van der Waals surface area contributed by atoms with Crippen molar-refractivity contribution in [2.45, 2.75) is 13.0 Å². The molecular weight excluding hydrogens is 254 g/mol. The van der Waals surface area contributed by atoms with E-state index in [1.165, 1.54) is 0 Å². The Morgan fingerprint density at radius 3 is 3.15 bits per heavy atom. The maximum atomic E-state index is 11.1. The molecule has 5 heteroatoms. The number of fused-ring (bicyclic) bond motifs is 1. The Morgan fingerprint density at radius 1 is 1.62 bits per heavy atom. The van der Waals surface area contributed by atoms with Gasteiger partial charge in [-0.25, -0.2) is 0 Å². The summed E-state index contributed by atoms with van der Waals surface area (Å²) in [6.07, 6.45) is 0. The van der Waals surface area contributed by atoms with Crippen molar-refractivity contribution in [2.24, 2.45) is 0 Å². The normalized spacial score (nSPS) is 26.3. The van der Waals surface area contributed by atoms with E-state index in [1.807, 2.05) is 25.1 Å². The fourth-order valence-corrected chi connectivity index (χ4v) is 2.40. The Bertz CT molecular complexity index is 369. The summed E-state index contributed by atoms with van der Waals surface area (Å²) < 4.78 is 20.0. The summed E-state index contributed by atoms with van der Waals surface area (Å²) in [5.74, 6) is 0.688. The Morgan fingerprint density at radius 2 is 2.38 bits per heavy atom. The first-order valence-corrected chi connectivity index (χ1v) is 5.69. The van der Waals surface area contributed by atoms with E-state index in [4.69, 9.17) is 4.18 Å². The Hall–Kier alpha value is -0.390. The van der Waals surface area contributed by atoms with Crippen LogP contribution < -0.4 is 8.91 Å². The summed E-state index contributed by atoms with van der Waals surface area (Å²) in [6.45, 7) is 1.95. The number of nitrogens with one attached hydrogen (secondary N) is 1. The van der Waals surface area contributed by atoms with Gasteiger partial charge in [0.15, 0.2) is 0 Å². The van der Waals surface area contributed by atoms with Crippen molar-refractivity contribution in [3.05, 3.63) is 28.2 Å². The van der Waals surface area contributed by atoms with Crippen molar-refractivity contribution >= 4 is 27.2 Å². The van der Waals surface area contributed by atoms with Gasteiger partial charge in [0.25, 0.3) is 11.3 Å². The molecule has 0 spiro atoms. The number of rotatable bonds is 0. The molecule has 0 aromatic heterocycles. The van der Waals surface area contributed by atoms with Crippen LogP contribution in [0.15, 0.2) is 22.7 Å². The standard InChI is InChI=1S/C8H8BrNO2S/c1-5-7-4-6(9)2-3-8(7)12-13(11)10-5/h2-5,10H,1H3. The summed E-state index contributed by atoms with van der Waals surface area (Å²) in [5.41, 5.74) is 1.02. The van der Waals surface area contributed by atoms with Crippen molar-refractivity contribution in [1.29, 1.82) is 0 Å². The molecule has 1 heterocycles. The zero-order valence-corrected chi connectivity index (χ0v) is 9.31. The van der Waals surface area contributed by atoms with Crippen molar-refractivity contribution < 1.29 is 8.39 Å². The van der Waals surface area contributed by atoms with E-state index in [9.17, 15) is 4.21 Å². The molecule has 70 valence electrons. The van der Waals surface area contributed by atoms with Gasteiger partial charge in [-0.15, -0.1) is 0 Å². The SMILES string of the molecule is CC1NS(=O)Oc2ccc(Br)cc21. The van der Waals surface area contributed by atoms with Crippen LogP contribution in [0.3, 0.4) is 0 Å². The lowest BCUT2D eigenvalue weighted by Crippen LogP contribution is -2.30. The van der Waals surface area contributed by atoms with Gasteiger partial charge in [-0.05, 0) is 25.1 Å². The maximum absolute atomic E-state index is 11.1. The molecule has 1 aromatic rings. The summed E-state index contributed by atoms with van der Waals surface area (Å²) in [4.78, 5) is 0. The Kier molecular flexibility index (Phi) is 2.40. The summed E-state index contributed by atoms with van der Waals surface area (Å²) in [7, 11) is 0. The number of hydrogen-bond acceptors (Lipinski definition) is 2. The van der Waals surface area contributed by atoms with Gasteiger partial charge in [0, 0.05) is 16.1 Å². The minimum Gasteiger partial charge on any atom is -0.389 e. The second-order valence-electron chi connectivity index (χ2n) is 2.84. The molecule has 1 N–H and O–H groups in total. The van der Waals surface area contributed by atoms with Crippen molar-refractivity contribution in [1.82, 2.24) is 4.72 Å². The summed E-state index contributed by atoms with van der Waals surface area (Å²) in [5, 5.41) is 0. The van der Waals surface area contributed by atoms with Gasteiger partial charge in [0.2, 0.25) is 0 Å². The zero-order chi connectivity index (χ0) is 9.42. The smallest absolute Gasteiger partial charge is 0.288 e. The molecule has 0 bridgehead atoms. The average molecular weight is 262 g/mol. The number of halogens is 1. The van der Waals surface area contributed by atoms with Crippen LogP contribution in [0.1, 0.15) is 18.5 Å². The predicted octanol–water partition coefficient (Wildman–Crippen LogP) is 2.07. The molecule has 2 unspecified atom stereocenters. The van der Waals surface area contributed by atoms with Crippen molar-refractivity contribution in [2.75, 3.05) is 0 Å². The van der Waals surface area contributed by atoms with E-state index in [1.54, 1.807) is 0 Å². The third-order valence-corrected chi connectivity index (χ3v) is 3.25. The largest absolute Gasteiger partial charge is 0.389 e. The van der Waals surface area contributed by atoms with Crippen LogP contribution in [0, 0.1) is 0 Å². The molecule has 0 radical (unpaired) electrons. The number of benzene rings is 1. The maximum Gasteiger partial charge on any atom is 0.288 e. The Labute approximate surface area is 87.4 Å². The highest BCUT2D eigenvalue weighted by atomic mass is 79.9. The lowest BCUT2D eigenvalue weighted by Gasteiger charge is -2.22. The van der Waals surface area contributed by atoms with Gasteiger partial charge >= 0.3 is 0 Å². The van der Waals surface area contributed by atoms with Gasteiger partial charge in [0.1, 0.15) is 5.75 Å². The lowest BCUT2D eigenvalue weighted by atomic mass is 10.1. The molecule has 0 saturated heterocycles. The van der Waals surface area contributed by atoms with Crippen molar-refractivity contribution in [3.8, 4) is 5.75 Å². The molecule has 3 nitrogen and oxygen atoms in total. The van der Waals surface area contributed by atoms with Gasteiger partial charge < -0.3 is 4.18 Å². The van der Waals surface area contributed by atoms with Crippen LogP contribution in [0.2, 0.25) is 0 Å². The third kappa shape index (κ3) is 1.77. The van der Waals surface area contributed by atoms with Crippen LogP contribution in [0.25, 0.3) is 0 Å². The van der Waals surface area contributed by atoms with E-state index >= 15 is 0 Å².